The molecule has 94 valence electrons. The first-order chi connectivity index (χ1) is 7.16. The maximum Gasteiger partial charge on any atom is 0.102 e. The van der Waals surface area contributed by atoms with Gasteiger partial charge in [-0.2, -0.15) is 0 Å². The quantitative estimate of drug-likeness (QED) is 0.667. The largest absolute Gasteiger partial charge is 0.386 e. The molecule has 2 aliphatic rings. The van der Waals surface area contributed by atoms with Crippen LogP contribution in [0.4, 0.5) is 0 Å². The predicted molar refractivity (Wildman–Crippen MR) is 65.2 cm³/mol. The fourth-order valence-corrected chi connectivity index (χ4v) is 3.65. The molecule has 2 atom stereocenters. The van der Waals surface area contributed by atoms with Crippen molar-refractivity contribution < 1.29 is 10.2 Å². The second-order valence-electron chi connectivity index (χ2n) is 7.23. The maximum atomic E-state index is 10.8. The van der Waals surface area contributed by atoms with Crippen LogP contribution in [0.1, 0.15) is 66.2 Å². The molecule has 0 aliphatic heterocycles. The standard InChI is InChI=1S/C14H26O2/c1-11(2)8-6-5-7-9-12(3,4)14(16)10-13(11,14)15/h15-16H,5-10H2,1-4H3/t13-,14+. The van der Waals surface area contributed by atoms with Crippen LogP contribution < -0.4 is 0 Å². The molecule has 2 heteroatoms. The second-order valence-corrected chi connectivity index (χ2v) is 7.23. The molecule has 2 saturated carbocycles. The van der Waals surface area contributed by atoms with Gasteiger partial charge >= 0.3 is 0 Å². The summed E-state index contributed by atoms with van der Waals surface area (Å²) in [5, 5.41) is 21.5. The molecule has 2 N–H and O–H groups in total. The summed E-state index contributed by atoms with van der Waals surface area (Å²) in [5.74, 6) is 0. The van der Waals surface area contributed by atoms with E-state index in [0.717, 1.165) is 12.8 Å². The summed E-state index contributed by atoms with van der Waals surface area (Å²) in [6.07, 6.45) is 6.14. The van der Waals surface area contributed by atoms with Crippen LogP contribution >= 0.6 is 0 Å². The molecule has 0 radical (unpaired) electrons. The Bertz CT molecular complexity index is 267. The van der Waals surface area contributed by atoms with E-state index in [4.69, 9.17) is 0 Å². The molecule has 2 nitrogen and oxygen atoms in total. The Balaban J connectivity index is 2.34. The van der Waals surface area contributed by atoms with Crippen molar-refractivity contribution in [1.82, 2.24) is 0 Å². The highest BCUT2D eigenvalue weighted by atomic mass is 16.4. The van der Waals surface area contributed by atoms with E-state index >= 15 is 0 Å². The molecule has 0 saturated heterocycles. The molecule has 2 aliphatic carbocycles. The molecule has 2 rings (SSSR count). The van der Waals surface area contributed by atoms with Crippen LogP contribution in [0.5, 0.6) is 0 Å². The zero-order chi connectivity index (χ0) is 12.2. The molecule has 0 aromatic carbocycles. The van der Waals surface area contributed by atoms with Crippen LogP contribution in [0.15, 0.2) is 0 Å². The summed E-state index contributed by atoms with van der Waals surface area (Å²) in [6, 6.07) is 0. The van der Waals surface area contributed by atoms with Gasteiger partial charge in [-0.05, 0) is 23.7 Å². The molecule has 0 aromatic heterocycles. The molecule has 0 spiro atoms. The van der Waals surface area contributed by atoms with Gasteiger partial charge in [0.1, 0.15) is 11.2 Å². The van der Waals surface area contributed by atoms with Gasteiger partial charge in [0.2, 0.25) is 0 Å². The molecule has 16 heavy (non-hydrogen) atoms. The highest BCUT2D eigenvalue weighted by molar-refractivity contribution is 5.28. The molecule has 0 aromatic rings. The Morgan fingerprint density at radius 3 is 1.44 bits per heavy atom. The molecular weight excluding hydrogens is 200 g/mol. The van der Waals surface area contributed by atoms with E-state index in [2.05, 4.69) is 27.7 Å². The lowest BCUT2D eigenvalue weighted by Crippen LogP contribution is -2.46. The van der Waals surface area contributed by atoms with E-state index in [9.17, 15) is 10.2 Å². The smallest absolute Gasteiger partial charge is 0.102 e. The highest BCUT2D eigenvalue weighted by Gasteiger charge is 2.77. The van der Waals surface area contributed by atoms with Gasteiger partial charge in [0.15, 0.2) is 0 Å². The van der Waals surface area contributed by atoms with E-state index in [1.807, 2.05) is 0 Å². The summed E-state index contributed by atoms with van der Waals surface area (Å²) in [5.41, 5.74) is -2.06. The topological polar surface area (TPSA) is 40.5 Å². The third-order valence-corrected chi connectivity index (χ3v) is 5.41. The summed E-state index contributed by atoms with van der Waals surface area (Å²) < 4.78 is 0. The molecule has 0 heterocycles. The lowest BCUT2D eigenvalue weighted by molar-refractivity contribution is -0.103. The van der Waals surface area contributed by atoms with Gasteiger partial charge in [-0.3, -0.25) is 0 Å². The van der Waals surface area contributed by atoms with E-state index in [1.165, 1.54) is 19.3 Å². The molecule has 0 unspecified atom stereocenters. The molecular formula is C14H26O2. The van der Waals surface area contributed by atoms with Crippen LogP contribution in [-0.2, 0) is 0 Å². The van der Waals surface area contributed by atoms with Gasteiger partial charge in [-0.1, -0.05) is 47.0 Å². The van der Waals surface area contributed by atoms with E-state index in [1.54, 1.807) is 0 Å². The Labute approximate surface area is 99.1 Å². The minimum Gasteiger partial charge on any atom is -0.386 e. The first-order valence-electron chi connectivity index (χ1n) is 6.61. The van der Waals surface area contributed by atoms with Crippen LogP contribution in [0, 0.1) is 10.8 Å². The van der Waals surface area contributed by atoms with Gasteiger partial charge in [0.05, 0.1) is 0 Å². The van der Waals surface area contributed by atoms with Crippen LogP contribution in [0.25, 0.3) is 0 Å². The van der Waals surface area contributed by atoms with Crippen molar-refractivity contribution >= 4 is 0 Å². The minimum atomic E-state index is -0.867. The Hall–Kier alpha value is -0.0800. The fraction of sp³-hybridized carbons (Fsp3) is 1.00. The predicted octanol–water partition coefficient (Wildman–Crippen LogP) is 2.87. The van der Waals surface area contributed by atoms with E-state index in [0.29, 0.717) is 6.42 Å². The normalized spacial score (nSPS) is 46.1. The molecule has 2 fully saturated rings. The van der Waals surface area contributed by atoms with Crippen molar-refractivity contribution in [2.75, 3.05) is 0 Å². The fourth-order valence-electron chi connectivity index (χ4n) is 3.65. The van der Waals surface area contributed by atoms with Gasteiger partial charge < -0.3 is 10.2 Å². The first kappa shape index (κ1) is 12.4. The third-order valence-electron chi connectivity index (χ3n) is 5.41. The summed E-state index contributed by atoms with van der Waals surface area (Å²) in [4.78, 5) is 0. The van der Waals surface area contributed by atoms with Gasteiger partial charge in [-0.15, -0.1) is 0 Å². The van der Waals surface area contributed by atoms with Crippen molar-refractivity contribution in [3.8, 4) is 0 Å². The number of aliphatic hydroxyl groups is 2. The lowest BCUT2D eigenvalue weighted by atomic mass is 9.72. The summed E-state index contributed by atoms with van der Waals surface area (Å²) in [6.45, 7) is 8.41. The number of fused-ring (bicyclic) bond motifs is 1. The minimum absolute atomic E-state index is 0.163. The van der Waals surface area contributed by atoms with E-state index in [-0.39, 0.29) is 10.8 Å². The number of hydrogen-bond acceptors (Lipinski definition) is 2. The van der Waals surface area contributed by atoms with Crippen molar-refractivity contribution in [1.29, 1.82) is 0 Å². The van der Waals surface area contributed by atoms with Gasteiger partial charge in [0.25, 0.3) is 0 Å². The molecule has 0 amide bonds. The van der Waals surface area contributed by atoms with Gasteiger partial charge in [0, 0.05) is 6.42 Å². The zero-order valence-corrected chi connectivity index (χ0v) is 11.1. The Morgan fingerprint density at radius 1 is 0.688 bits per heavy atom. The number of hydrogen-bond donors (Lipinski definition) is 2. The van der Waals surface area contributed by atoms with Crippen molar-refractivity contribution in [3.05, 3.63) is 0 Å². The monoisotopic (exact) mass is 226 g/mol. The zero-order valence-electron chi connectivity index (χ0n) is 11.1. The SMILES string of the molecule is CC1(C)CCCCCC(C)(C)[C@@]2(O)C[C@@]12O. The average Bonchev–Trinajstić information content (AvgIpc) is 2.71. The second kappa shape index (κ2) is 3.23. The summed E-state index contributed by atoms with van der Waals surface area (Å²) in [7, 11) is 0. The van der Waals surface area contributed by atoms with Crippen molar-refractivity contribution in [3.63, 3.8) is 0 Å². The summed E-state index contributed by atoms with van der Waals surface area (Å²) >= 11 is 0. The van der Waals surface area contributed by atoms with Crippen LogP contribution in [0.2, 0.25) is 0 Å². The van der Waals surface area contributed by atoms with Crippen molar-refractivity contribution in [2.24, 2.45) is 10.8 Å². The lowest BCUT2D eigenvalue weighted by Gasteiger charge is -2.39. The first-order valence-corrected chi connectivity index (χ1v) is 6.61. The van der Waals surface area contributed by atoms with Gasteiger partial charge in [-0.25, -0.2) is 0 Å². The number of rotatable bonds is 0. The van der Waals surface area contributed by atoms with Crippen molar-refractivity contribution in [2.45, 2.75) is 77.4 Å². The Morgan fingerprint density at radius 2 is 1.06 bits per heavy atom. The van der Waals surface area contributed by atoms with E-state index < -0.39 is 11.2 Å². The van der Waals surface area contributed by atoms with Crippen LogP contribution in [0.3, 0.4) is 0 Å². The average molecular weight is 226 g/mol. The maximum absolute atomic E-state index is 10.8. The van der Waals surface area contributed by atoms with Crippen LogP contribution in [-0.4, -0.2) is 21.4 Å². The Kier molecular flexibility index (Phi) is 2.50. The highest BCUT2D eigenvalue weighted by Crippen LogP contribution is 2.67. The molecule has 0 bridgehead atoms. The third kappa shape index (κ3) is 1.39.